The highest BCUT2D eigenvalue weighted by atomic mass is 16.3. The van der Waals surface area contributed by atoms with Gasteiger partial charge in [0.2, 0.25) is 5.91 Å². The first-order valence-corrected chi connectivity index (χ1v) is 6.82. The number of benzene rings is 1. The molecule has 2 rings (SSSR count). The number of aliphatic hydroxyl groups excluding tert-OH is 1. The van der Waals surface area contributed by atoms with Crippen LogP contribution in [0.2, 0.25) is 0 Å². The molecule has 0 radical (unpaired) electrons. The number of carbonyl (C=O) groups is 1. The first-order chi connectivity index (χ1) is 9.10. The number of piperazine rings is 1. The van der Waals surface area contributed by atoms with E-state index in [0.717, 1.165) is 12.1 Å². The number of hydrogen-bond acceptors (Lipinski definition) is 3. The van der Waals surface area contributed by atoms with Crippen molar-refractivity contribution in [3.63, 3.8) is 0 Å². The molecule has 4 heteroatoms. The summed E-state index contributed by atoms with van der Waals surface area (Å²) in [6.45, 7) is 4.70. The average Bonchev–Trinajstić information content (AvgIpc) is 2.43. The quantitative estimate of drug-likeness (QED) is 0.892. The Labute approximate surface area is 114 Å². The molecule has 1 aromatic carbocycles. The predicted molar refractivity (Wildman–Crippen MR) is 76.3 cm³/mol. The van der Waals surface area contributed by atoms with E-state index in [1.807, 2.05) is 35.0 Å². The van der Waals surface area contributed by atoms with Crippen LogP contribution >= 0.6 is 0 Å². The maximum absolute atomic E-state index is 12.5. The van der Waals surface area contributed by atoms with Crippen molar-refractivity contribution in [1.29, 1.82) is 0 Å². The summed E-state index contributed by atoms with van der Waals surface area (Å²) in [4.78, 5) is 16.3. The standard InChI is InChI=1S/C15H22N2O2/c1-4-12-7-5-6-8-13(12)17-9-11(2)16(3)14(10-18)15(17)19/h5-8,11,14,18H,4,9-10H2,1-3H3. The molecule has 4 nitrogen and oxygen atoms in total. The van der Waals surface area contributed by atoms with Crippen LogP contribution in [0.1, 0.15) is 19.4 Å². The Morgan fingerprint density at radius 2 is 2.05 bits per heavy atom. The van der Waals surface area contributed by atoms with Gasteiger partial charge in [0.1, 0.15) is 6.04 Å². The number of anilines is 1. The van der Waals surface area contributed by atoms with Crippen molar-refractivity contribution in [3.05, 3.63) is 29.8 Å². The molecular weight excluding hydrogens is 240 g/mol. The average molecular weight is 262 g/mol. The lowest BCUT2D eigenvalue weighted by atomic mass is 10.0. The van der Waals surface area contributed by atoms with Crippen molar-refractivity contribution in [2.45, 2.75) is 32.4 Å². The molecule has 2 atom stereocenters. The van der Waals surface area contributed by atoms with Gasteiger partial charge in [0, 0.05) is 18.3 Å². The fourth-order valence-corrected chi connectivity index (χ4v) is 2.64. The van der Waals surface area contributed by atoms with Gasteiger partial charge in [-0.2, -0.15) is 0 Å². The summed E-state index contributed by atoms with van der Waals surface area (Å²) < 4.78 is 0. The molecule has 1 fully saturated rings. The third-order valence-corrected chi connectivity index (χ3v) is 4.02. The van der Waals surface area contributed by atoms with E-state index in [0.29, 0.717) is 6.54 Å². The molecule has 1 aromatic rings. The Bertz CT molecular complexity index is 461. The molecule has 1 N–H and O–H groups in total. The minimum absolute atomic E-state index is 0.0102. The molecule has 1 aliphatic rings. The van der Waals surface area contributed by atoms with E-state index in [1.165, 1.54) is 5.56 Å². The van der Waals surface area contributed by atoms with Crippen molar-refractivity contribution < 1.29 is 9.90 Å². The summed E-state index contributed by atoms with van der Waals surface area (Å²) in [5.74, 6) is -0.0102. The number of nitrogens with zero attached hydrogens (tertiary/aromatic N) is 2. The Morgan fingerprint density at radius 3 is 2.68 bits per heavy atom. The van der Waals surface area contributed by atoms with Gasteiger partial charge in [0.25, 0.3) is 0 Å². The zero-order chi connectivity index (χ0) is 14.0. The normalized spacial score (nSPS) is 24.8. The van der Waals surface area contributed by atoms with Gasteiger partial charge in [-0.3, -0.25) is 9.69 Å². The van der Waals surface area contributed by atoms with Crippen molar-refractivity contribution in [1.82, 2.24) is 4.90 Å². The largest absolute Gasteiger partial charge is 0.394 e. The zero-order valence-electron chi connectivity index (χ0n) is 11.8. The highest BCUT2D eigenvalue weighted by molar-refractivity contribution is 5.98. The summed E-state index contributed by atoms with van der Waals surface area (Å²) >= 11 is 0. The van der Waals surface area contributed by atoms with Crippen LogP contribution in [0, 0.1) is 0 Å². The van der Waals surface area contributed by atoms with Crippen LogP contribution in [-0.4, -0.2) is 48.2 Å². The number of hydrogen-bond donors (Lipinski definition) is 1. The van der Waals surface area contributed by atoms with E-state index >= 15 is 0 Å². The van der Waals surface area contributed by atoms with E-state index in [-0.39, 0.29) is 18.6 Å². The first kappa shape index (κ1) is 14.0. The monoisotopic (exact) mass is 262 g/mol. The summed E-state index contributed by atoms with van der Waals surface area (Å²) in [6, 6.07) is 7.80. The number of amides is 1. The lowest BCUT2D eigenvalue weighted by Gasteiger charge is -2.42. The Hall–Kier alpha value is -1.39. The maximum Gasteiger partial charge on any atom is 0.246 e. The number of para-hydroxylation sites is 1. The van der Waals surface area contributed by atoms with Gasteiger partial charge in [-0.05, 0) is 32.0 Å². The minimum atomic E-state index is -0.436. The van der Waals surface area contributed by atoms with E-state index in [9.17, 15) is 9.90 Å². The molecule has 0 aromatic heterocycles. The summed E-state index contributed by atoms with van der Waals surface area (Å²) in [6.07, 6.45) is 0.897. The van der Waals surface area contributed by atoms with Gasteiger partial charge in [0.05, 0.1) is 6.61 Å². The molecule has 2 unspecified atom stereocenters. The van der Waals surface area contributed by atoms with E-state index < -0.39 is 6.04 Å². The molecule has 1 saturated heterocycles. The predicted octanol–water partition coefficient (Wildman–Crippen LogP) is 1.28. The number of carbonyl (C=O) groups excluding carboxylic acids is 1. The fourth-order valence-electron chi connectivity index (χ4n) is 2.64. The molecule has 0 spiro atoms. The van der Waals surface area contributed by atoms with Crippen LogP contribution < -0.4 is 4.90 Å². The maximum atomic E-state index is 12.5. The van der Waals surface area contributed by atoms with E-state index in [2.05, 4.69) is 19.9 Å². The third kappa shape index (κ3) is 2.51. The van der Waals surface area contributed by atoms with Gasteiger partial charge < -0.3 is 10.0 Å². The summed E-state index contributed by atoms with van der Waals surface area (Å²) in [7, 11) is 1.90. The van der Waals surface area contributed by atoms with Crippen LogP contribution in [0.3, 0.4) is 0 Å². The topological polar surface area (TPSA) is 43.8 Å². The minimum Gasteiger partial charge on any atom is -0.394 e. The second-order valence-electron chi connectivity index (χ2n) is 5.14. The van der Waals surface area contributed by atoms with Crippen molar-refractivity contribution >= 4 is 11.6 Å². The highest BCUT2D eigenvalue weighted by Crippen LogP contribution is 2.26. The van der Waals surface area contributed by atoms with Crippen LogP contribution in [0.5, 0.6) is 0 Å². The summed E-state index contributed by atoms with van der Waals surface area (Å²) in [5, 5.41) is 9.45. The number of aryl methyl sites for hydroxylation is 1. The van der Waals surface area contributed by atoms with Crippen LogP contribution in [0.4, 0.5) is 5.69 Å². The third-order valence-electron chi connectivity index (χ3n) is 4.02. The van der Waals surface area contributed by atoms with E-state index in [4.69, 9.17) is 0 Å². The van der Waals surface area contributed by atoms with Gasteiger partial charge in [-0.15, -0.1) is 0 Å². The molecule has 0 saturated carbocycles. The number of rotatable bonds is 3. The lowest BCUT2D eigenvalue weighted by molar-refractivity contribution is -0.128. The van der Waals surface area contributed by atoms with Crippen LogP contribution in [-0.2, 0) is 11.2 Å². The summed E-state index contributed by atoms with van der Waals surface area (Å²) in [5.41, 5.74) is 2.15. The van der Waals surface area contributed by atoms with Crippen molar-refractivity contribution in [2.75, 3.05) is 25.1 Å². The molecular formula is C15H22N2O2. The van der Waals surface area contributed by atoms with Crippen molar-refractivity contribution in [2.24, 2.45) is 0 Å². The highest BCUT2D eigenvalue weighted by Gasteiger charge is 2.37. The molecule has 104 valence electrons. The van der Waals surface area contributed by atoms with Gasteiger partial charge >= 0.3 is 0 Å². The second-order valence-corrected chi connectivity index (χ2v) is 5.14. The first-order valence-electron chi connectivity index (χ1n) is 6.82. The van der Waals surface area contributed by atoms with Gasteiger partial charge in [-0.25, -0.2) is 0 Å². The molecule has 0 aliphatic carbocycles. The smallest absolute Gasteiger partial charge is 0.246 e. The Kier molecular flexibility index (Phi) is 4.22. The van der Waals surface area contributed by atoms with Gasteiger partial charge in [0.15, 0.2) is 0 Å². The molecule has 1 heterocycles. The Balaban J connectivity index is 2.36. The fraction of sp³-hybridized carbons (Fsp3) is 0.533. The lowest BCUT2D eigenvalue weighted by Crippen LogP contribution is -2.61. The second kappa shape index (κ2) is 5.72. The molecule has 0 bridgehead atoms. The number of likely N-dealkylation sites (N-methyl/N-ethyl adjacent to an activating group) is 1. The van der Waals surface area contributed by atoms with Crippen LogP contribution in [0.15, 0.2) is 24.3 Å². The van der Waals surface area contributed by atoms with Crippen molar-refractivity contribution in [3.8, 4) is 0 Å². The Morgan fingerprint density at radius 1 is 1.37 bits per heavy atom. The van der Waals surface area contributed by atoms with Gasteiger partial charge in [-0.1, -0.05) is 25.1 Å². The van der Waals surface area contributed by atoms with Crippen LogP contribution in [0.25, 0.3) is 0 Å². The van der Waals surface area contributed by atoms with E-state index in [1.54, 1.807) is 0 Å². The molecule has 1 aliphatic heterocycles. The molecule has 1 amide bonds. The number of aliphatic hydroxyl groups is 1. The zero-order valence-corrected chi connectivity index (χ0v) is 11.8. The molecule has 19 heavy (non-hydrogen) atoms. The SMILES string of the molecule is CCc1ccccc1N1CC(C)N(C)C(CO)C1=O.